The topological polar surface area (TPSA) is 58.6 Å². The van der Waals surface area contributed by atoms with Crippen molar-refractivity contribution in [3.63, 3.8) is 0 Å². The van der Waals surface area contributed by atoms with Crippen LogP contribution >= 0.6 is 0 Å². The molecule has 0 fully saturated rings. The molecular weight excluding hydrogens is 273 g/mol. The second-order valence-corrected chi connectivity index (χ2v) is 6.28. The average molecular weight is 295 g/mol. The molecule has 1 amide bonds. The van der Waals surface area contributed by atoms with Gasteiger partial charge in [0.1, 0.15) is 11.6 Å². The summed E-state index contributed by atoms with van der Waals surface area (Å²) < 4.78 is 18.6. The number of hydrogen-bond acceptors (Lipinski definition) is 3. The van der Waals surface area contributed by atoms with Gasteiger partial charge in [0.05, 0.1) is 0 Å². The maximum atomic E-state index is 13.1. The van der Waals surface area contributed by atoms with Crippen molar-refractivity contribution in [3.05, 3.63) is 29.6 Å². The molecule has 1 aromatic carbocycles. The molecule has 2 N–H and O–H groups in total. The maximum absolute atomic E-state index is 13.1. The van der Waals surface area contributed by atoms with Gasteiger partial charge in [0.15, 0.2) is 6.10 Å². The molecule has 2 rings (SSSR count). The summed E-state index contributed by atoms with van der Waals surface area (Å²) in [7, 11) is 0. The number of aliphatic hydroxyl groups is 1. The van der Waals surface area contributed by atoms with E-state index < -0.39 is 6.10 Å². The lowest BCUT2D eigenvalue weighted by Gasteiger charge is -2.21. The number of fused-ring (bicyclic) bond motifs is 1. The lowest BCUT2D eigenvalue weighted by molar-refractivity contribution is -0.127. The quantitative estimate of drug-likeness (QED) is 0.790. The molecule has 1 aromatic rings. The minimum atomic E-state index is -0.576. The van der Waals surface area contributed by atoms with Crippen LogP contribution in [0.3, 0.4) is 0 Å². The fraction of sp³-hybridized carbons (Fsp3) is 0.562. The van der Waals surface area contributed by atoms with Crippen molar-refractivity contribution in [3.8, 4) is 5.75 Å². The molecular formula is C16H22FNO3. The number of nitrogens with one attached hydrogen (secondary N) is 1. The second kappa shape index (κ2) is 6.43. The Morgan fingerprint density at radius 2 is 2.29 bits per heavy atom. The second-order valence-electron chi connectivity index (χ2n) is 6.28. The number of ether oxygens (including phenoxy) is 1. The molecule has 21 heavy (non-hydrogen) atoms. The van der Waals surface area contributed by atoms with Gasteiger partial charge in [-0.1, -0.05) is 13.8 Å². The van der Waals surface area contributed by atoms with Crippen LogP contribution in [-0.2, 0) is 11.2 Å². The van der Waals surface area contributed by atoms with Crippen LogP contribution in [-0.4, -0.2) is 30.3 Å². The number of aliphatic hydroxyl groups excluding tert-OH is 1. The lowest BCUT2D eigenvalue weighted by Crippen LogP contribution is -2.38. The Labute approximate surface area is 124 Å². The van der Waals surface area contributed by atoms with E-state index in [9.17, 15) is 9.18 Å². The Morgan fingerprint density at radius 1 is 1.52 bits per heavy atom. The van der Waals surface area contributed by atoms with Crippen molar-refractivity contribution < 1.29 is 19.0 Å². The number of carbonyl (C=O) groups excluding carboxylic acids is 1. The van der Waals surface area contributed by atoms with Gasteiger partial charge in [-0.05, 0) is 36.5 Å². The number of hydrogen-bond donors (Lipinski definition) is 2. The van der Waals surface area contributed by atoms with Gasteiger partial charge in [0, 0.05) is 25.1 Å². The first-order valence-electron chi connectivity index (χ1n) is 7.25. The van der Waals surface area contributed by atoms with Crippen LogP contribution in [0.25, 0.3) is 0 Å². The van der Waals surface area contributed by atoms with Gasteiger partial charge in [-0.2, -0.15) is 0 Å². The van der Waals surface area contributed by atoms with E-state index in [0.29, 0.717) is 18.7 Å². The van der Waals surface area contributed by atoms with Crippen molar-refractivity contribution in [2.45, 2.75) is 39.2 Å². The first kappa shape index (κ1) is 15.8. The van der Waals surface area contributed by atoms with Gasteiger partial charge in [-0.3, -0.25) is 4.79 Å². The van der Waals surface area contributed by atoms with E-state index in [1.165, 1.54) is 12.1 Å². The molecule has 0 radical (unpaired) electrons. The molecule has 5 heteroatoms. The standard InChI is InChI=1S/C16H22FNO3/c1-16(2,10-19)6-3-7-18-15(20)14-9-11-8-12(17)4-5-13(11)21-14/h4-5,8,14,19H,3,6-7,9-10H2,1-2H3,(H,18,20). The largest absolute Gasteiger partial charge is 0.480 e. The third kappa shape index (κ3) is 4.17. The first-order valence-corrected chi connectivity index (χ1v) is 7.25. The van der Waals surface area contributed by atoms with E-state index in [-0.39, 0.29) is 23.7 Å². The van der Waals surface area contributed by atoms with Crippen LogP contribution in [0.1, 0.15) is 32.3 Å². The summed E-state index contributed by atoms with van der Waals surface area (Å²) in [6.45, 7) is 4.65. The Kier molecular flexibility index (Phi) is 4.83. The first-order chi connectivity index (χ1) is 9.91. The SMILES string of the molecule is CC(C)(CO)CCCNC(=O)C1Cc2cc(F)ccc2O1. The summed E-state index contributed by atoms with van der Waals surface area (Å²) in [6, 6.07) is 4.30. The van der Waals surface area contributed by atoms with Crippen LogP contribution in [0.2, 0.25) is 0 Å². The fourth-order valence-electron chi connectivity index (χ4n) is 2.33. The number of carbonyl (C=O) groups is 1. The number of rotatable bonds is 6. The summed E-state index contributed by atoms with van der Waals surface area (Å²) in [6.07, 6.45) is 1.46. The Hall–Kier alpha value is -1.62. The monoisotopic (exact) mass is 295 g/mol. The molecule has 0 bridgehead atoms. The molecule has 0 saturated carbocycles. The molecule has 1 unspecified atom stereocenters. The van der Waals surface area contributed by atoms with Crippen LogP contribution in [0.4, 0.5) is 4.39 Å². The third-order valence-corrected chi connectivity index (χ3v) is 3.75. The smallest absolute Gasteiger partial charge is 0.261 e. The van der Waals surface area contributed by atoms with E-state index >= 15 is 0 Å². The molecule has 116 valence electrons. The zero-order valence-corrected chi connectivity index (χ0v) is 12.5. The van der Waals surface area contributed by atoms with Crippen LogP contribution < -0.4 is 10.1 Å². The van der Waals surface area contributed by atoms with Gasteiger partial charge in [-0.15, -0.1) is 0 Å². The molecule has 0 saturated heterocycles. The molecule has 1 atom stereocenters. The number of benzene rings is 1. The third-order valence-electron chi connectivity index (χ3n) is 3.75. The summed E-state index contributed by atoms with van der Waals surface area (Å²) in [5.41, 5.74) is 0.610. The fourth-order valence-corrected chi connectivity index (χ4v) is 2.33. The van der Waals surface area contributed by atoms with Crippen LogP contribution in [0.5, 0.6) is 5.75 Å². The van der Waals surface area contributed by atoms with E-state index in [1.54, 1.807) is 6.07 Å². The minimum Gasteiger partial charge on any atom is -0.480 e. The molecule has 1 aliphatic rings. The van der Waals surface area contributed by atoms with Gasteiger partial charge >= 0.3 is 0 Å². The molecule has 1 heterocycles. The number of amides is 1. The van der Waals surface area contributed by atoms with Crippen molar-refractivity contribution in [1.82, 2.24) is 5.32 Å². The van der Waals surface area contributed by atoms with Crippen LogP contribution in [0.15, 0.2) is 18.2 Å². The van der Waals surface area contributed by atoms with E-state index in [0.717, 1.165) is 18.4 Å². The molecule has 0 aliphatic carbocycles. The molecule has 1 aliphatic heterocycles. The zero-order chi connectivity index (χ0) is 15.5. The summed E-state index contributed by atoms with van der Waals surface area (Å²) >= 11 is 0. The molecule has 0 spiro atoms. The summed E-state index contributed by atoms with van der Waals surface area (Å²) in [5.74, 6) is 0.0935. The highest BCUT2D eigenvalue weighted by atomic mass is 19.1. The highest BCUT2D eigenvalue weighted by molar-refractivity contribution is 5.82. The number of halogens is 1. The van der Waals surface area contributed by atoms with Gasteiger partial charge in [0.25, 0.3) is 5.91 Å². The van der Waals surface area contributed by atoms with Crippen molar-refractivity contribution in [2.75, 3.05) is 13.2 Å². The average Bonchev–Trinajstić information content (AvgIpc) is 2.86. The maximum Gasteiger partial charge on any atom is 0.261 e. The lowest BCUT2D eigenvalue weighted by atomic mass is 9.89. The van der Waals surface area contributed by atoms with Gasteiger partial charge in [0.2, 0.25) is 0 Å². The predicted octanol–water partition coefficient (Wildman–Crippen LogP) is 2.04. The Morgan fingerprint density at radius 3 is 3.00 bits per heavy atom. The van der Waals surface area contributed by atoms with E-state index in [4.69, 9.17) is 9.84 Å². The normalized spacial score (nSPS) is 17.2. The highest BCUT2D eigenvalue weighted by Crippen LogP contribution is 2.29. The van der Waals surface area contributed by atoms with Crippen LogP contribution in [0, 0.1) is 11.2 Å². The van der Waals surface area contributed by atoms with Crippen molar-refractivity contribution in [1.29, 1.82) is 0 Å². The Balaban J connectivity index is 1.76. The van der Waals surface area contributed by atoms with Crippen molar-refractivity contribution >= 4 is 5.91 Å². The van der Waals surface area contributed by atoms with E-state index in [2.05, 4.69) is 5.32 Å². The summed E-state index contributed by atoms with van der Waals surface area (Å²) in [5, 5.41) is 12.0. The highest BCUT2D eigenvalue weighted by Gasteiger charge is 2.29. The van der Waals surface area contributed by atoms with E-state index in [1.807, 2.05) is 13.8 Å². The van der Waals surface area contributed by atoms with Crippen molar-refractivity contribution in [2.24, 2.45) is 5.41 Å². The summed E-state index contributed by atoms with van der Waals surface area (Å²) in [4.78, 5) is 12.0. The molecule has 4 nitrogen and oxygen atoms in total. The minimum absolute atomic E-state index is 0.123. The Bertz CT molecular complexity index is 516. The predicted molar refractivity (Wildman–Crippen MR) is 77.6 cm³/mol. The molecule has 0 aromatic heterocycles. The van der Waals surface area contributed by atoms with Gasteiger partial charge in [-0.25, -0.2) is 4.39 Å². The zero-order valence-electron chi connectivity index (χ0n) is 12.5. The van der Waals surface area contributed by atoms with Gasteiger partial charge < -0.3 is 15.2 Å².